The number of carbonyl (C=O) groups excluding carboxylic acids is 2. The van der Waals surface area contributed by atoms with Gasteiger partial charge in [-0.3, -0.25) is 14.5 Å². The first kappa shape index (κ1) is 21.3. The normalized spacial score (nSPS) is 17.5. The lowest BCUT2D eigenvalue weighted by atomic mass is 10.0. The zero-order valence-electron chi connectivity index (χ0n) is 18.0. The third-order valence-corrected chi connectivity index (χ3v) is 5.77. The number of morpholine rings is 1. The van der Waals surface area contributed by atoms with E-state index in [-0.39, 0.29) is 17.9 Å². The molecule has 2 aliphatic heterocycles. The van der Waals surface area contributed by atoms with Crippen molar-refractivity contribution >= 4 is 28.9 Å². The van der Waals surface area contributed by atoms with Crippen molar-refractivity contribution in [2.45, 2.75) is 25.8 Å². The van der Waals surface area contributed by atoms with E-state index in [1.165, 1.54) is 5.56 Å². The summed E-state index contributed by atoms with van der Waals surface area (Å²) in [6.07, 6.45) is 1.99. The molecule has 2 N–H and O–H groups in total. The summed E-state index contributed by atoms with van der Waals surface area (Å²) < 4.78 is 5.31. The zero-order valence-corrected chi connectivity index (χ0v) is 18.0. The van der Waals surface area contributed by atoms with Crippen LogP contribution in [0, 0.1) is 0 Å². The van der Waals surface area contributed by atoms with Crippen molar-refractivity contribution in [3.05, 3.63) is 54.1 Å². The van der Waals surface area contributed by atoms with Gasteiger partial charge in [0.15, 0.2) is 0 Å². The van der Waals surface area contributed by atoms with Crippen molar-refractivity contribution in [2.24, 2.45) is 0 Å². The van der Waals surface area contributed by atoms with Crippen LogP contribution in [0.1, 0.15) is 18.9 Å². The van der Waals surface area contributed by atoms with Crippen LogP contribution in [0.3, 0.4) is 0 Å². The summed E-state index contributed by atoms with van der Waals surface area (Å²) in [5.74, 6) is 0.0324. The van der Waals surface area contributed by atoms with E-state index < -0.39 is 0 Å². The van der Waals surface area contributed by atoms with E-state index >= 15 is 0 Å². The van der Waals surface area contributed by atoms with Crippen molar-refractivity contribution in [1.29, 1.82) is 0 Å². The van der Waals surface area contributed by atoms with E-state index in [2.05, 4.69) is 21.6 Å². The van der Waals surface area contributed by atoms with Gasteiger partial charge in [-0.25, -0.2) is 0 Å². The molecule has 0 spiro atoms. The summed E-state index contributed by atoms with van der Waals surface area (Å²) in [4.78, 5) is 29.3. The van der Waals surface area contributed by atoms with Crippen molar-refractivity contribution < 1.29 is 14.3 Å². The summed E-state index contributed by atoms with van der Waals surface area (Å²) >= 11 is 0. The smallest absolute Gasteiger partial charge is 0.249 e. The maximum Gasteiger partial charge on any atom is 0.249 e. The quantitative estimate of drug-likeness (QED) is 0.749. The van der Waals surface area contributed by atoms with Gasteiger partial charge in [-0.1, -0.05) is 18.2 Å². The first-order valence-electron chi connectivity index (χ1n) is 11.0. The van der Waals surface area contributed by atoms with E-state index in [0.717, 1.165) is 49.5 Å². The van der Waals surface area contributed by atoms with Crippen LogP contribution in [0.4, 0.5) is 17.1 Å². The van der Waals surface area contributed by atoms with E-state index in [9.17, 15) is 9.59 Å². The number of para-hydroxylation sites is 1. The molecule has 0 radical (unpaired) electrons. The molecule has 0 aliphatic carbocycles. The first-order valence-corrected chi connectivity index (χ1v) is 11.0. The average Bonchev–Trinajstić information content (AvgIpc) is 2.80. The Bertz CT molecular complexity index is 909. The Morgan fingerprint density at radius 1 is 1.00 bits per heavy atom. The van der Waals surface area contributed by atoms with Crippen LogP contribution in [-0.2, 0) is 20.7 Å². The van der Waals surface area contributed by atoms with E-state index in [1.807, 2.05) is 54.3 Å². The molecule has 164 valence electrons. The van der Waals surface area contributed by atoms with Crippen molar-refractivity contribution in [2.75, 3.05) is 54.9 Å². The molecule has 2 heterocycles. The molecule has 7 heteroatoms. The van der Waals surface area contributed by atoms with Gasteiger partial charge in [-0.15, -0.1) is 0 Å². The number of benzene rings is 2. The molecule has 1 saturated heterocycles. The van der Waals surface area contributed by atoms with Gasteiger partial charge < -0.3 is 20.3 Å². The van der Waals surface area contributed by atoms with Gasteiger partial charge in [0.2, 0.25) is 11.8 Å². The maximum atomic E-state index is 13.1. The van der Waals surface area contributed by atoms with E-state index in [0.29, 0.717) is 19.8 Å². The van der Waals surface area contributed by atoms with Crippen molar-refractivity contribution in [1.82, 2.24) is 4.90 Å². The average molecular weight is 423 g/mol. The molecule has 2 aromatic rings. The summed E-state index contributed by atoms with van der Waals surface area (Å²) in [6.45, 7) is 5.91. The highest BCUT2D eigenvalue weighted by Crippen LogP contribution is 2.27. The standard InChI is InChI=1S/C24H30N4O3/c1-18(24(30)28-12-4-6-19-5-2-3-7-22(19)28)25-20-8-10-21(11-9-20)26-23(29)17-27-13-15-31-16-14-27/h2-3,5,7-11,18,25H,4,6,12-17H2,1H3,(H,26,29). The Kier molecular flexibility index (Phi) is 6.84. The summed E-state index contributed by atoms with van der Waals surface area (Å²) in [7, 11) is 0. The molecular weight excluding hydrogens is 392 g/mol. The Labute approximate surface area is 183 Å². The number of fused-ring (bicyclic) bond motifs is 1. The Morgan fingerprint density at radius 3 is 2.48 bits per heavy atom. The number of anilines is 3. The SMILES string of the molecule is CC(Nc1ccc(NC(=O)CN2CCOCC2)cc1)C(=O)N1CCCc2ccccc21. The number of nitrogens with one attached hydrogen (secondary N) is 2. The molecule has 31 heavy (non-hydrogen) atoms. The molecule has 4 rings (SSSR count). The lowest BCUT2D eigenvalue weighted by Crippen LogP contribution is -2.44. The number of rotatable bonds is 6. The predicted molar refractivity (Wildman–Crippen MR) is 123 cm³/mol. The second-order valence-electron chi connectivity index (χ2n) is 8.10. The molecule has 0 saturated carbocycles. The van der Waals surface area contributed by atoms with Gasteiger partial charge in [0.25, 0.3) is 0 Å². The van der Waals surface area contributed by atoms with Crippen LogP contribution >= 0.6 is 0 Å². The van der Waals surface area contributed by atoms with E-state index in [4.69, 9.17) is 4.74 Å². The maximum absolute atomic E-state index is 13.1. The minimum Gasteiger partial charge on any atom is -0.379 e. The topological polar surface area (TPSA) is 73.9 Å². The molecule has 7 nitrogen and oxygen atoms in total. The third-order valence-electron chi connectivity index (χ3n) is 5.77. The fraction of sp³-hybridized carbons (Fsp3) is 0.417. The Morgan fingerprint density at radius 2 is 1.71 bits per heavy atom. The van der Waals surface area contributed by atoms with Gasteiger partial charge in [0.05, 0.1) is 19.8 Å². The molecule has 0 aromatic heterocycles. The van der Waals surface area contributed by atoms with Gasteiger partial charge in [-0.05, 0) is 55.7 Å². The molecule has 2 amide bonds. The van der Waals surface area contributed by atoms with Crippen LogP contribution < -0.4 is 15.5 Å². The van der Waals surface area contributed by atoms with Crippen LogP contribution in [0.2, 0.25) is 0 Å². The number of nitrogens with zero attached hydrogens (tertiary/aromatic N) is 2. The number of hydrogen-bond acceptors (Lipinski definition) is 5. The Balaban J connectivity index is 1.31. The highest BCUT2D eigenvalue weighted by molar-refractivity contribution is 5.99. The third kappa shape index (κ3) is 5.42. The number of hydrogen-bond donors (Lipinski definition) is 2. The van der Waals surface area contributed by atoms with Gasteiger partial charge in [0.1, 0.15) is 6.04 Å². The molecule has 1 fully saturated rings. The van der Waals surface area contributed by atoms with Crippen LogP contribution in [0.15, 0.2) is 48.5 Å². The largest absolute Gasteiger partial charge is 0.379 e. The molecule has 1 unspecified atom stereocenters. The summed E-state index contributed by atoms with van der Waals surface area (Å²) in [5, 5.41) is 6.22. The molecule has 1 atom stereocenters. The molecule has 0 bridgehead atoms. The van der Waals surface area contributed by atoms with Gasteiger partial charge in [0, 0.05) is 36.7 Å². The second-order valence-corrected chi connectivity index (χ2v) is 8.10. The first-order chi connectivity index (χ1) is 15.1. The number of amides is 2. The summed E-state index contributed by atoms with van der Waals surface area (Å²) in [6, 6.07) is 15.3. The van der Waals surface area contributed by atoms with Crippen LogP contribution in [-0.4, -0.2) is 62.1 Å². The lowest BCUT2D eigenvalue weighted by Gasteiger charge is -2.32. The lowest BCUT2D eigenvalue weighted by molar-refractivity contribution is -0.119. The zero-order chi connectivity index (χ0) is 21.6. The highest BCUT2D eigenvalue weighted by atomic mass is 16.5. The predicted octanol–water partition coefficient (Wildman–Crippen LogP) is 2.74. The monoisotopic (exact) mass is 422 g/mol. The second kappa shape index (κ2) is 9.94. The van der Waals surface area contributed by atoms with Gasteiger partial charge in [-0.2, -0.15) is 0 Å². The number of ether oxygens (including phenoxy) is 1. The minimum absolute atomic E-state index is 0.0325. The highest BCUT2D eigenvalue weighted by Gasteiger charge is 2.26. The van der Waals surface area contributed by atoms with Gasteiger partial charge >= 0.3 is 0 Å². The van der Waals surface area contributed by atoms with Crippen molar-refractivity contribution in [3.63, 3.8) is 0 Å². The molecule has 2 aromatic carbocycles. The molecular formula is C24H30N4O3. The summed E-state index contributed by atoms with van der Waals surface area (Å²) in [5.41, 5.74) is 3.84. The van der Waals surface area contributed by atoms with Crippen LogP contribution in [0.25, 0.3) is 0 Å². The van der Waals surface area contributed by atoms with E-state index in [1.54, 1.807) is 0 Å². The number of aryl methyl sites for hydroxylation is 1. The fourth-order valence-electron chi connectivity index (χ4n) is 4.12. The fourth-order valence-corrected chi connectivity index (χ4v) is 4.12. The minimum atomic E-state index is -0.354. The van der Waals surface area contributed by atoms with Crippen molar-refractivity contribution in [3.8, 4) is 0 Å². The molecule has 2 aliphatic rings. The Hall–Kier alpha value is -2.90. The van der Waals surface area contributed by atoms with Crippen LogP contribution in [0.5, 0.6) is 0 Å². The number of carbonyl (C=O) groups is 2.